The predicted molar refractivity (Wildman–Crippen MR) is 143 cm³/mol. The Morgan fingerprint density at radius 2 is 1.81 bits per heavy atom. The number of benzene rings is 1. The summed E-state index contributed by atoms with van der Waals surface area (Å²) in [6.07, 6.45) is 3.42. The van der Waals surface area contributed by atoms with E-state index in [2.05, 4.69) is 25.5 Å². The molecule has 1 aromatic carbocycles. The van der Waals surface area contributed by atoms with Crippen LogP contribution in [0.3, 0.4) is 0 Å². The molecule has 2 aliphatic heterocycles. The Balaban J connectivity index is 1.46. The first-order chi connectivity index (χ1) is 17.6. The van der Waals surface area contributed by atoms with E-state index in [0.29, 0.717) is 31.1 Å². The Morgan fingerprint density at radius 1 is 1.11 bits per heavy atom. The van der Waals surface area contributed by atoms with Crippen LogP contribution in [0.15, 0.2) is 30.5 Å². The minimum Gasteiger partial charge on any atom is -0.369 e. The molecule has 37 heavy (non-hydrogen) atoms. The van der Waals surface area contributed by atoms with E-state index in [0.717, 1.165) is 25.1 Å². The van der Waals surface area contributed by atoms with Gasteiger partial charge >= 0.3 is 0 Å². The van der Waals surface area contributed by atoms with Crippen LogP contribution in [0.5, 0.6) is 0 Å². The van der Waals surface area contributed by atoms with Crippen molar-refractivity contribution in [3.63, 3.8) is 0 Å². The van der Waals surface area contributed by atoms with Crippen LogP contribution in [0.2, 0.25) is 0 Å². The Hall–Kier alpha value is -3.45. The zero-order valence-electron chi connectivity index (χ0n) is 21.2. The van der Waals surface area contributed by atoms with Crippen LogP contribution in [-0.4, -0.2) is 99.5 Å². The number of nitrogens with zero attached hydrogens (tertiary/aromatic N) is 5. The average Bonchev–Trinajstić information content (AvgIpc) is 2.88. The van der Waals surface area contributed by atoms with E-state index < -0.39 is 15.7 Å². The average molecular weight is 531 g/mol. The van der Waals surface area contributed by atoms with Gasteiger partial charge in [0.25, 0.3) is 5.91 Å². The minimum atomic E-state index is -2.95. The first-order valence-corrected chi connectivity index (χ1v) is 14.1. The molecule has 4 N–H and O–H groups in total. The molecule has 0 bridgehead atoms. The summed E-state index contributed by atoms with van der Waals surface area (Å²) in [4.78, 5) is 38.6. The molecule has 2 saturated heterocycles. The third-order valence-electron chi connectivity index (χ3n) is 6.62. The Morgan fingerprint density at radius 3 is 2.46 bits per heavy atom. The van der Waals surface area contributed by atoms with E-state index in [9.17, 15) is 18.0 Å². The predicted octanol–water partition coefficient (Wildman–Crippen LogP) is 0.201. The molecular formula is C24H34N8O4S. The number of nitrogens with two attached hydrogens (primary N) is 1. The normalized spacial score (nSPS) is 19.4. The highest BCUT2D eigenvalue weighted by molar-refractivity contribution is 7.91. The van der Waals surface area contributed by atoms with Gasteiger partial charge < -0.3 is 31.1 Å². The number of hydrogen-bond donors (Lipinski definition) is 3. The van der Waals surface area contributed by atoms with Gasteiger partial charge in [0.1, 0.15) is 5.82 Å². The molecule has 2 aliphatic rings. The topological polar surface area (TPSA) is 154 Å². The van der Waals surface area contributed by atoms with Crippen molar-refractivity contribution in [2.24, 2.45) is 5.73 Å². The molecule has 2 amide bonds. The summed E-state index contributed by atoms with van der Waals surface area (Å²) < 4.78 is 23.4. The minimum absolute atomic E-state index is 0.0190. The van der Waals surface area contributed by atoms with Crippen molar-refractivity contribution in [2.45, 2.75) is 18.9 Å². The van der Waals surface area contributed by atoms with Gasteiger partial charge in [-0.05, 0) is 37.1 Å². The first kappa shape index (κ1) is 26.6. The molecule has 2 fully saturated rings. The number of likely N-dealkylation sites (N-methyl/N-ethyl adjacent to an activating group) is 1. The largest absolute Gasteiger partial charge is 0.369 e. The van der Waals surface area contributed by atoms with Gasteiger partial charge in [-0.25, -0.2) is 18.4 Å². The van der Waals surface area contributed by atoms with Crippen molar-refractivity contribution in [3.05, 3.63) is 36.2 Å². The fourth-order valence-corrected chi connectivity index (χ4v) is 5.61. The Labute approximate surface area is 217 Å². The highest BCUT2D eigenvalue weighted by Gasteiger charge is 2.24. The van der Waals surface area contributed by atoms with Gasteiger partial charge in [-0.15, -0.1) is 0 Å². The SMILES string of the molecule is CN(C)C(=O)CN[C@@H]1CCCN(c2cnc(C(N)=O)c(Nc3ccc(N4CCS(=O)(=O)CC4)cc3)n2)C1. The van der Waals surface area contributed by atoms with Crippen LogP contribution in [0, 0.1) is 0 Å². The van der Waals surface area contributed by atoms with Crippen LogP contribution < -0.4 is 26.2 Å². The second-order valence-electron chi connectivity index (χ2n) is 9.55. The summed E-state index contributed by atoms with van der Waals surface area (Å²) in [5, 5.41) is 6.47. The van der Waals surface area contributed by atoms with Gasteiger partial charge in [-0.1, -0.05) is 0 Å². The van der Waals surface area contributed by atoms with Crippen molar-refractivity contribution >= 4 is 44.7 Å². The molecule has 1 aromatic heterocycles. The molecule has 12 nitrogen and oxygen atoms in total. The van der Waals surface area contributed by atoms with Gasteiger partial charge in [0.05, 0.1) is 24.2 Å². The van der Waals surface area contributed by atoms with Gasteiger partial charge in [-0.3, -0.25) is 9.59 Å². The Kier molecular flexibility index (Phi) is 8.13. The van der Waals surface area contributed by atoms with E-state index in [-0.39, 0.29) is 41.5 Å². The van der Waals surface area contributed by atoms with E-state index in [1.807, 2.05) is 29.2 Å². The third kappa shape index (κ3) is 6.86. The van der Waals surface area contributed by atoms with Crippen LogP contribution in [-0.2, 0) is 14.6 Å². The standard InChI is InChI=1S/C24H34N8O4S/c1-30(2)21(33)15-26-18-4-3-9-32(16-18)20-14-27-22(23(25)34)24(29-20)28-17-5-7-19(8-6-17)31-10-12-37(35,36)13-11-31/h5-8,14,18,26H,3-4,9-13,15-16H2,1-2H3,(H2,25,34)(H,28,29)/t18-/m1/s1. The summed E-state index contributed by atoms with van der Waals surface area (Å²) in [6, 6.07) is 7.62. The van der Waals surface area contributed by atoms with Gasteiger partial charge in [0.15, 0.2) is 21.3 Å². The first-order valence-electron chi connectivity index (χ1n) is 12.3. The lowest BCUT2D eigenvalue weighted by Crippen LogP contribution is -2.48. The lowest BCUT2D eigenvalue weighted by Gasteiger charge is -2.34. The molecule has 4 rings (SSSR count). The number of sulfone groups is 1. The Bertz CT molecular complexity index is 1220. The molecule has 0 spiro atoms. The summed E-state index contributed by atoms with van der Waals surface area (Å²) >= 11 is 0. The van der Waals surface area contributed by atoms with Gasteiger partial charge in [0, 0.05) is 57.7 Å². The smallest absolute Gasteiger partial charge is 0.271 e. The van der Waals surface area contributed by atoms with Crippen molar-refractivity contribution in [2.75, 3.05) is 73.4 Å². The number of rotatable bonds is 8. The highest BCUT2D eigenvalue weighted by Crippen LogP contribution is 2.25. The van der Waals surface area contributed by atoms with E-state index in [1.165, 1.54) is 0 Å². The van der Waals surface area contributed by atoms with Crippen molar-refractivity contribution in [3.8, 4) is 0 Å². The molecule has 0 radical (unpaired) electrons. The zero-order chi connectivity index (χ0) is 26.6. The van der Waals surface area contributed by atoms with Crippen molar-refractivity contribution < 1.29 is 18.0 Å². The maximum Gasteiger partial charge on any atom is 0.271 e. The molecule has 0 unspecified atom stereocenters. The van der Waals surface area contributed by atoms with Crippen LogP contribution >= 0.6 is 0 Å². The maximum absolute atomic E-state index is 12.0. The number of carbonyl (C=O) groups excluding carboxylic acids is 2. The number of carbonyl (C=O) groups is 2. The van der Waals surface area contributed by atoms with Crippen molar-refractivity contribution in [1.29, 1.82) is 0 Å². The lowest BCUT2D eigenvalue weighted by molar-refractivity contribution is -0.127. The number of amides is 2. The molecular weight excluding hydrogens is 496 g/mol. The summed E-state index contributed by atoms with van der Waals surface area (Å²) in [6.45, 7) is 2.63. The summed E-state index contributed by atoms with van der Waals surface area (Å²) in [7, 11) is 0.512. The number of anilines is 4. The second kappa shape index (κ2) is 11.3. The number of hydrogen-bond acceptors (Lipinski definition) is 10. The van der Waals surface area contributed by atoms with E-state index in [4.69, 9.17) is 5.73 Å². The molecule has 13 heteroatoms. The molecule has 2 aromatic rings. The number of nitrogens with one attached hydrogen (secondary N) is 2. The van der Waals surface area contributed by atoms with Crippen LogP contribution in [0.25, 0.3) is 0 Å². The van der Waals surface area contributed by atoms with Crippen molar-refractivity contribution in [1.82, 2.24) is 20.2 Å². The second-order valence-corrected chi connectivity index (χ2v) is 11.9. The fourth-order valence-electron chi connectivity index (χ4n) is 4.40. The number of aromatic nitrogens is 2. The van der Waals surface area contributed by atoms with E-state index >= 15 is 0 Å². The fraction of sp³-hybridized carbons (Fsp3) is 0.500. The molecule has 0 aliphatic carbocycles. The van der Waals surface area contributed by atoms with Gasteiger partial charge in [0.2, 0.25) is 5.91 Å². The summed E-state index contributed by atoms with van der Waals surface area (Å²) in [5.41, 5.74) is 7.22. The van der Waals surface area contributed by atoms with Crippen LogP contribution in [0.1, 0.15) is 23.3 Å². The monoisotopic (exact) mass is 530 g/mol. The zero-order valence-corrected chi connectivity index (χ0v) is 22.0. The third-order valence-corrected chi connectivity index (χ3v) is 8.23. The molecule has 1 atom stereocenters. The molecule has 0 saturated carbocycles. The number of primary amides is 1. The molecule has 200 valence electrons. The number of piperidine rings is 1. The summed E-state index contributed by atoms with van der Waals surface area (Å²) in [5.74, 6) is 0.509. The quantitative estimate of drug-likeness (QED) is 0.431. The van der Waals surface area contributed by atoms with Crippen LogP contribution in [0.4, 0.5) is 23.0 Å². The lowest BCUT2D eigenvalue weighted by atomic mass is 10.1. The van der Waals surface area contributed by atoms with E-state index in [1.54, 1.807) is 25.2 Å². The molecule has 3 heterocycles. The van der Waals surface area contributed by atoms with Gasteiger partial charge in [-0.2, -0.15) is 0 Å². The highest BCUT2D eigenvalue weighted by atomic mass is 32.2. The maximum atomic E-state index is 12.0.